The number of pyridine rings is 2. The zero-order chi connectivity index (χ0) is 24.1. The lowest BCUT2D eigenvalue weighted by molar-refractivity contribution is -0.144. The lowest BCUT2D eigenvalue weighted by Gasteiger charge is -2.21. The third-order valence-corrected chi connectivity index (χ3v) is 5.27. The van der Waals surface area contributed by atoms with Crippen LogP contribution >= 0.6 is 0 Å². The molecule has 9 heteroatoms. The quantitative estimate of drug-likeness (QED) is 0.272. The molecule has 34 heavy (non-hydrogen) atoms. The van der Waals surface area contributed by atoms with Crippen LogP contribution in [0.5, 0.6) is 5.75 Å². The minimum absolute atomic E-state index is 0.0128. The minimum atomic E-state index is -0.855. The number of nitrogens with one attached hydrogen (secondary N) is 2. The molecule has 0 aliphatic carbocycles. The number of anilines is 3. The van der Waals surface area contributed by atoms with E-state index in [2.05, 4.69) is 20.6 Å². The second-order valence-electron chi connectivity index (χ2n) is 7.53. The molecule has 174 valence electrons. The van der Waals surface area contributed by atoms with Crippen LogP contribution in [0.3, 0.4) is 0 Å². The minimum Gasteiger partial charge on any atom is -0.488 e. The number of rotatable bonds is 10. The third-order valence-electron chi connectivity index (χ3n) is 5.27. The predicted molar refractivity (Wildman–Crippen MR) is 130 cm³/mol. The largest absolute Gasteiger partial charge is 0.488 e. The second-order valence-corrected chi connectivity index (χ2v) is 7.53. The Morgan fingerprint density at radius 3 is 2.50 bits per heavy atom. The van der Waals surface area contributed by atoms with E-state index >= 15 is 0 Å². The summed E-state index contributed by atoms with van der Waals surface area (Å²) in [6.07, 6.45) is 5.47. The number of nitrogens with zero attached hydrogens (tertiary/aromatic N) is 2. The first kappa shape index (κ1) is 22.9. The molecule has 0 spiro atoms. The zero-order valence-electron chi connectivity index (χ0n) is 18.8. The van der Waals surface area contributed by atoms with E-state index in [1.807, 2.05) is 36.4 Å². The molecular weight excluding hydrogens is 436 g/mol. The lowest BCUT2D eigenvalue weighted by atomic mass is 10.0. The molecule has 9 nitrogen and oxygen atoms in total. The van der Waals surface area contributed by atoms with Crippen molar-refractivity contribution in [2.24, 2.45) is 0 Å². The average Bonchev–Trinajstić information content (AvgIpc) is 2.86. The number of hydrogen-bond donors (Lipinski definition) is 2. The molecule has 2 aromatic carbocycles. The van der Waals surface area contributed by atoms with Gasteiger partial charge in [-0.3, -0.25) is 14.6 Å². The number of aromatic nitrogens is 2. The number of hydrogen-bond acceptors (Lipinski definition) is 9. The van der Waals surface area contributed by atoms with Crippen molar-refractivity contribution in [1.29, 1.82) is 0 Å². The Morgan fingerprint density at radius 1 is 1.00 bits per heavy atom. The van der Waals surface area contributed by atoms with Crippen LogP contribution in [0.4, 0.5) is 17.2 Å². The smallest absolute Gasteiger partial charge is 0.328 e. The van der Waals surface area contributed by atoms with Gasteiger partial charge in [0.05, 0.1) is 13.2 Å². The van der Waals surface area contributed by atoms with Crippen LogP contribution in [0.25, 0.3) is 10.8 Å². The molecule has 0 bridgehead atoms. The van der Waals surface area contributed by atoms with Gasteiger partial charge in [0, 0.05) is 36.1 Å². The summed E-state index contributed by atoms with van der Waals surface area (Å²) in [5, 5.41) is 8.07. The molecule has 0 saturated heterocycles. The van der Waals surface area contributed by atoms with E-state index in [1.165, 1.54) is 0 Å². The van der Waals surface area contributed by atoms with Crippen LogP contribution < -0.4 is 26.2 Å². The Kier molecular flexibility index (Phi) is 6.82. The third kappa shape index (κ3) is 4.73. The highest BCUT2D eigenvalue weighted by Crippen LogP contribution is 2.24. The number of benzene rings is 1. The summed E-state index contributed by atoms with van der Waals surface area (Å²) in [7, 11) is 0. The summed E-state index contributed by atoms with van der Waals surface area (Å²) < 4.78 is 10.4. The van der Waals surface area contributed by atoms with Gasteiger partial charge in [-0.2, -0.15) is 0 Å². The molecule has 0 amide bonds. The molecule has 1 unspecified atom stereocenters. The number of carbonyl (C=O) groups is 1. The highest BCUT2D eigenvalue weighted by Gasteiger charge is 2.28. The number of fused-ring (bicyclic) bond motifs is 1. The Balaban J connectivity index is 1.51. The fourth-order valence-electron chi connectivity index (χ4n) is 3.60. The Bertz CT molecular complexity index is 1370. The van der Waals surface area contributed by atoms with E-state index in [9.17, 15) is 14.4 Å². The number of carbonyl (C=O) groups excluding carboxylic acids is 1. The van der Waals surface area contributed by atoms with Crippen molar-refractivity contribution in [2.75, 3.05) is 23.8 Å². The molecule has 1 atom stereocenters. The zero-order valence-corrected chi connectivity index (χ0v) is 18.8. The number of esters is 1. The van der Waals surface area contributed by atoms with Crippen molar-refractivity contribution < 1.29 is 14.3 Å². The fourth-order valence-corrected chi connectivity index (χ4v) is 3.60. The predicted octanol–water partition coefficient (Wildman–Crippen LogP) is 2.95. The van der Waals surface area contributed by atoms with E-state index in [4.69, 9.17) is 9.47 Å². The van der Waals surface area contributed by atoms with Gasteiger partial charge in [-0.25, -0.2) is 9.78 Å². The molecule has 0 fully saturated rings. The average molecular weight is 460 g/mol. The van der Waals surface area contributed by atoms with Crippen LogP contribution in [0.2, 0.25) is 0 Å². The van der Waals surface area contributed by atoms with E-state index in [0.29, 0.717) is 5.82 Å². The van der Waals surface area contributed by atoms with Crippen molar-refractivity contribution >= 4 is 33.9 Å². The second kappa shape index (κ2) is 10.1. The van der Waals surface area contributed by atoms with Gasteiger partial charge >= 0.3 is 5.97 Å². The van der Waals surface area contributed by atoms with Gasteiger partial charge in [0.25, 0.3) is 10.9 Å². The Hall–Kier alpha value is -4.27. The molecule has 0 aliphatic heterocycles. The summed E-state index contributed by atoms with van der Waals surface area (Å²) in [5.41, 5.74) is 0.266. The van der Waals surface area contributed by atoms with Gasteiger partial charge in [-0.15, -0.1) is 0 Å². The van der Waals surface area contributed by atoms with E-state index in [1.54, 1.807) is 32.4 Å². The van der Waals surface area contributed by atoms with E-state index in [0.717, 1.165) is 22.0 Å². The van der Waals surface area contributed by atoms with Crippen LogP contribution in [0, 0.1) is 0 Å². The normalized spacial score (nSPS) is 11.8. The maximum atomic E-state index is 12.5. The molecule has 0 aliphatic rings. The maximum absolute atomic E-state index is 12.5. The van der Waals surface area contributed by atoms with Gasteiger partial charge in [0.2, 0.25) is 0 Å². The molecule has 2 N–H and O–H groups in total. The van der Waals surface area contributed by atoms with Crippen LogP contribution in [0.1, 0.15) is 19.4 Å². The van der Waals surface area contributed by atoms with Gasteiger partial charge < -0.3 is 20.1 Å². The first-order valence-electron chi connectivity index (χ1n) is 11.0. The molecule has 4 aromatic rings. The monoisotopic (exact) mass is 460 g/mol. The summed E-state index contributed by atoms with van der Waals surface area (Å²) in [6, 6.07) is 10.5. The number of ether oxygens (including phenoxy) is 2. The summed E-state index contributed by atoms with van der Waals surface area (Å²) >= 11 is 0. The molecule has 2 aromatic heterocycles. The summed E-state index contributed by atoms with van der Waals surface area (Å²) in [5.74, 6) is 0.124. The topological polar surface area (TPSA) is 120 Å². The molecule has 2 heterocycles. The summed E-state index contributed by atoms with van der Waals surface area (Å²) in [4.78, 5) is 44.9. The highest BCUT2D eigenvalue weighted by molar-refractivity contribution is 5.92. The summed E-state index contributed by atoms with van der Waals surface area (Å²) in [6.45, 7) is 3.84. The van der Waals surface area contributed by atoms with Crippen molar-refractivity contribution in [2.45, 2.75) is 26.3 Å². The fraction of sp³-hybridized carbons (Fsp3) is 0.240. The van der Waals surface area contributed by atoms with Crippen molar-refractivity contribution in [1.82, 2.24) is 9.97 Å². The van der Waals surface area contributed by atoms with Crippen LogP contribution in [-0.2, 0) is 16.0 Å². The van der Waals surface area contributed by atoms with Crippen molar-refractivity contribution in [3.8, 4) is 5.75 Å². The van der Waals surface area contributed by atoms with E-state index in [-0.39, 0.29) is 31.1 Å². The van der Waals surface area contributed by atoms with Gasteiger partial charge in [0.15, 0.2) is 5.75 Å². The standard InChI is InChI=1S/C25H24N4O5/c1-3-33-23-20(21(30)22(23)31)29-19(25(32)34-4-2)13-15-5-7-17(8-6-15)28-24-18-14-26-11-9-16(18)10-12-27-24/h5-12,14,19,29H,3-4,13H2,1-2H3,(H,27,28). The van der Waals surface area contributed by atoms with Gasteiger partial charge in [-0.1, -0.05) is 12.1 Å². The SMILES string of the molecule is CCOC(=O)C(Cc1ccc(Nc2nccc3ccncc23)cc1)Nc1c(OCC)c(=O)c1=O. The molecular formula is C25H24N4O5. The first-order chi connectivity index (χ1) is 16.5. The van der Waals surface area contributed by atoms with Crippen LogP contribution in [0.15, 0.2) is 64.6 Å². The first-order valence-corrected chi connectivity index (χ1v) is 11.0. The highest BCUT2D eigenvalue weighted by atomic mass is 16.5. The van der Waals surface area contributed by atoms with Crippen LogP contribution in [-0.4, -0.2) is 35.2 Å². The molecule has 0 saturated carbocycles. The molecule has 4 rings (SSSR count). The van der Waals surface area contributed by atoms with Crippen molar-refractivity contribution in [3.05, 3.63) is 81.0 Å². The van der Waals surface area contributed by atoms with E-state index < -0.39 is 22.9 Å². The Morgan fingerprint density at radius 2 is 1.76 bits per heavy atom. The van der Waals surface area contributed by atoms with Crippen molar-refractivity contribution in [3.63, 3.8) is 0 Å². The molecule has 0 radical (unpaired) electrons. The lowest BCUT2D eigenvalue weighted by Crippen LogP contribution is -2.42. The maximum Gasteiger partial charge on any atom is 0.328 e. The van der Waals surface area contributed by atoms with Gasteiger partial charge in [-0.05, 0) is 49.1 Å². The van der Waals surface area contributed by atoms with Gasteiger partial charge in [0.1, 0.15) is 17.5 Å². The Labute approximate surface area is 195 Å².